The molecule has 2 saturated heterocycles. The second kappa shape index (κ2) is 3.70. The molecule has 114 valence electrons. The number of carbonyl (C=O) groups excluding carboxylic acids is 1. The molecule has 9 heteroatoms. The second-order valence-electron chi connectivity index (χ2n) is 6.09. The lowest BCUT2D eigenvalue weighted by atomic mass is 9.86. The molecule has 2 aliphatic heterocycles. The van der Waals surface area contributed by atoms with Gasteiger partial charge in [-0.2, -0.15) is 0 Å². The number of rotatable bonds is 3. The van der Waals surface area contributed by atoms with Crippen molar-refractivity contribution in [1.82, 2.24) is 4.90 Å². The third-order valence-electron chi connectivity index (χ3n) is 4.64. The Labute approximate surface area is 123 Å². The van der Waals surface area contributed by atoms with Crippen molar-refractivity contribution in [3.8, 4) is 0 Å². The quantitative estimate of drug-likeness (QED) is 0.596. The largest absolute Gasteiger partial charge is 0.481 e. The minimum Gasteiger partial charge on any atom is -0.481 e. The Morgan fingerprint density at radius 3 is 1.90 bits per heavy atom. The van der Waals surface area contributed by atoms with E-state index >= 15 is 0 Å². The van der Waals surface area contributed by atoms with Crippen molar-refractivity contribution >= 4 is 35.6 Å². The highest BCUT2D eigenvalue weighted by molar-refractivity contribution is 8.01. The molecule has 3 rings (SSSR count). The molecule has 1 aliphatic carbocycles. The average Bonchev–Trinajstić information content (AvgIpc) is 2.99. The predicted molar refractivity (Wildman–Crippen MR) is 68.4 cm³/mol. The summed E-state index contributed by atoms with van der Waals surface area (Å²) in [5.74, 6) is -7.05. The van der Waals surface area contributed by atoms with Gasteiger partial charge in [-0.3, -0.25) is 14.4 Å². The molecular formula is C12H13NO7S. The fourth-order valence-electron chi connectivity index (χ4n) is 3.78. The fraction of sp³-hybridized carbons (Fsp3) is 0.667. The molecule has 0 aromatic heterocycles. The Balaban J connectivity index is 2.01. The van der Waals surface area contributed by atoms with Crippen LogP contribution in [-0.4, -0.2) is 60.2 Å². The fourth-order valence-corrected chi connectivity index (χ4v) is 5.62. The summed E-state index contributed by atoms with van der Waals surface area (Å²) in [5, 5.41) is 26.9. The first-order valence-corrected chi connectivity index (χ1v) is 7.15. The Morgan fingerprint density at radius 1 is 1.05 bits per heavy atom. The van der Waals surface area contributed by atoms with E-state index in [9.17, 15) is 24.3 Å². The van der Waals surface area contributed by atoms with E-state index in [-0.39, 0.29) is 0 Å². The molecule has 1 saturated carbocycles. The first kappa shape index (κ1) is 14.2. The van der Waals surface area contributed by atoms with Crippen molar-refractivity contribution in [3.63, 3.8) is 0 Å². The number of hydrogen-bond donors (Lipinski definition) is 3. The van der Waals surface area contributed by atoms with E-state index in [2.05, 4.69) is 0 Å². The van der Waals surface area contributed by atoms with Gasteiger partial charge in [0.05, 0.1) is 17.2 Å². The zero-order valence-corrected chi connectivity index (χ0v) is 12.0. The molecule has 8 nitrogen and oxygen atoms in total. The molecule has 3 fully saturated rings. The minimum absolute atomic E-state index is 0.669. The highest BCUT2D eigenvalue weighted by Gasteiger charge is 2.89. The summed E-state index contributed by atoms with van der Waals surface area (Å²) in [6, 6.07) is -1.07. The summed E-state index contributed by atoms with van der Waals surface area (Å²) in [6.07, 6.45) is 0. The lowest BCUT2D eigenvalue weighted by Gasteiger charge is -2.45. The van der Waals surface area contributed by atoms with Crippen molar-refractivity contribution in [2.75, 3.05) is 0 Å². The van der Waals surface area contributed by atoms with E-state index in [1.54, 1.807) is 13.8 Å². The first-order valence-electron chi connectivity index (χ1n) is 6.27. The van der Waals surface area contributed by atoms with Gasteiger partial charge in [0.2, 0.25) is 5.91 Å². The number of fused-ring (bicyclic) bond motifs is 2. The molecule has 1 unspecified atom stereocenters. The van der Waals surface area contributed by atoms with Gasteiger partial charge in [-0.25, -0.2) is 4.79 Å². The van der Waals surface area contributed by atoms with Crippen LogP contribution in [0, 0.1) is 17.3 Å². The van der Waals surface area contributed by atoms with Crippen molar-refractivity contribution in [1.29, 1.82) is 0 Å². The molecule has 0 aromatic rings. The van der Waals surface area contributed by atoms with Crippen molar-refractivity contribution in [2.24, 2.45) is 17.3 Å². The van der Waals surface area contributed by atoms with Gasteiger partial charge in [0.25, 0.3) is 0 Å². The maximum Gasteiger partial charge on any atom is 0.327 e. The van der Waals surface area contributed by atoms with Crippen LogP contribution in [0.25, 0.3) is 0 Å². The van der Waals surface area contributed by atoms with Crippen LogP contribution in [0.2, 0.25) is 0 Å². The van der Waals surface area contributed by atoms with Crippen LogP contribution in [0.3, 0.4) is 0 Å². The molecule has 1 amide bonds. The number of hydrogen-bond acceptors (Lipinski definition) is 5. The lowest BCUT2D eigenvalue weighted by molar-refractivity contribution is -0.169. The number of aliphatic carboxylic acids is 3. The standard InChI is InChI=1S/C12H13NO7S/c1-11(2)5(8(18)19)13-9(20)12(10(13)21-11)3(6(14)15)4(12)7(16)17/h3-5,10H,1-2H3,(H,14,15)(H,16,17)(H,18,19)/t3-,4+,5-,10+,12?/m0/s1. The number of carboxylic acids is 3. The maximum absolute atomic E-state index is 12.4. The molecule has 0 radical (unpaired) electrons. The van der Waals surface area contributed by atoms with Gasteiger partial charge in [-0.05, 0) is 13.8 Å². The Bertz CT molecular complexity index is 580. The van der Waals surface area contributed by atoms with Gasteiger partial charge >= 0.3 is 17.9 Å². The zero-order valence-electron chi connectivity index (χ0n) is 11.1. The van der Waals surface area contributed by atoms with E-state index in [0.717, 1.165) is 4.90 Å². The highest BCUT2D eigenvalue weighted by atomic mass is 32.2. The summed E-state index contributed by atoms with van der Waals surface area (Å²) in [7, 11) is 0. The normalized spacial score (nSPS) is 42.4. The number of amides is 1. The third kappa shape index (κ3) is 1.37. The van der Waals surface area contributed by atoms with Crippen LogP contribution < -0.4 is 0 Å². The van der Waals surface area contributed by atoms with Crippen molar-refractivity contribution in [2.45, 2.75) is 30.0 Å². The maximum atomic E-state index is 12.4. The Kier molecular flexibility index (Phi) is 2.50. The highest BCUT2D eigenvalue weighted by Crippen LogP contribution is 2.74. The van der Waals surface area contributed by atoms with Crippen LogP contribution in [0.1, 0.15) is 13.8 Å². The molecule has 3 aliphatic rings. The van der Waals surface area contributed by atoms with Crippen LogP contribution in [0.15, 0.2) is 0 Å². The molecule has 0 bridgehead atoms. The van der Waals surface area contributed by atoms with Gasteiger partial charge < -0.3 is 20.2 Å². The summed E-state index contributed by atoms with van der Waals surface area (Å²) in [4.78, 5) is 47.4. The van der Waals surface area contributed by atoms with Gasteiger partial charge in [-0.15, -0.1) is 11.8 Å². The number of carbonyl (C=O) groups is 4. The first-order chi connectivity index (χ1) is 9.58. The number of carboxylic acid groups (broad SMARTS) is 3. The van der Waals surface area contributed by atoms with Crippen LogP contribution in [0.5, 0.6) is 0 Å². The number of nitrogens with zero attached hydrogens (tertiary/aromatic N) is 1. The SMILES string of the molecule is CC1(C)S[C@H]2N(C(=O)C23[C@H](C(=O)O)[C@@H]3C(=O)O)[C@H]1C(=O)O. The molecule has 5 atom stereocenters. The molecule has 2 heterocycles. The Morgan fingerprint density at radius 2 is 1.52 bits per heavy atom. The van der Waals surface area contributed by atoms with Crippen molar-refractivity contribution in [3.05, 3.63) is 0 Å². The molecule has 0 aromatic carbocycles. The van der Waals surface area contributed by atoms with Crippen LogP contribution in [0.4, 0.5) is 0 Å². The molecule has 3 N–H and O–H groups in total. The second-order valence-corrected chi connectivity index (χ2v) is 7.83. The molecule has 21 heavy (non-hydrogen) atoms. The Hall–Kier alpha value is -1.77. The van der Waals surface area contributed by atoms with Gasteiger partial charge in [-0.1, -0.05) is 0 Å². The molecule has 1 spiro atoms. The van der Waals surface area contributed by atoms with Crippen LogP contribution in [-0.2, 0) is 19.2 Å². The van der Waals surface area contributed by atoms with Gasteiger partial charge in [0, 0.05) is 4.75 Å². The number of β-lactam (4-membered cyclic amide) rings is 1. The molecular weight excluding hydrogens is 302 g/mol. The van der Waals surface area contributed by atoms with E-state index < -0.39 is 57.2 Å². The average molecular weight is 315 g/mol. The van der Waals surface area contributed by atoms with E-state index in [1.807, 2.05) is 0 Å². The predicted octanol–water partition coefficient (Wildman–Crippen LogP) is -0.465. The van der Waals surface area contributed by atoms with E-state index in [4.69, 9.17) is 10.2 Å². The lowest BCUT2D eigenvalue weighted by Crippen LogP contribution is -2.65. The summed E-state index contributed by atoms with van der Waals surface area (Å²) < 4.78 is -0.801. The van der Waals surface area contributed by atoms with Crippen LogP contribution >= 0.6 is 11.8 Å². The van der Waals surface area contributed by atoms with E-state index in [1.165, 1.54) is 11.8 Å². The number of thioether (sulfide) groups is 1. The topological polar surface area (TPSA) is 132 Å². The summed E-state index contributed by atoms with van der Waals surface area (Å²) in [5.41, 5.74) is -1.48. The van der Waals surface area contributed by atoms with Crippen molar-refractivity contribution < 1.29 is 34.5 Å². The third-order valence-corrected chi connectivity index (χ3v) is 6.31. The van der Waals surface area contributed by atoms with Gasteiger partial charge in [0.15, 0.2) is 0 Å². The van der Waals surface area contributed by atoms with Gasteiger partial charge in [0.1, 0.15) is 11.5 Å². The summed E-state index contributed by atoms with van der Waals surface area (Å²) >= 11 is 1.17. The summed E-state index contributed by atoms with van der Waals surface area (Å²) in [6.45, 7) is 3.31. The smallest absolute Gasteiger partial charge is 0.327 e. The van der Waals surface area contributed by atoms with E-state index in [0.29, 0.717) is 0 Å². The zero-order chi connectivity index (χ0) is 15.9. The monoisotopic (exact) mass is 315 g/mol. The minimum atomic E-state index is -1.48.